The van der Waals surface area contributed by atoms with Gasteiger partial charge in [-0.3, -0.25) is 9.59 Å². The van der Waals surface area contributed by atoms with Crippen molar-refractivity contribution in [1.82, 2.24) is 0 Å². The molecule has 0 fully saturated rings. The van der Waals surface area contributed by atoms with Crippen LogP contribution in [0.3, 0.4) is 0 Å². The predicted molar refractivity (Wildman–Crippen MR) is 142 cm³/mol. The summed E-state index contributed by atoms with van der Waals surface area (Å²) >= 11 is 0. The van der Waals surface area contributed by atoms with Gasteiger partial charge in [0.15, 0.2) is 11.5 Å². The van der Waals surface area contributed by atoms with Crippen LogP contribution in [0.5, 0.6) is 17.2 Å². The molecule has 0 bridgehead atoms. The highest BCUT2D eigenvalue weighted by Crippen LogP contribution is 2.55. The first-order valence-corrected chi connectivity index (χ1v) is 12.5. The Morgan fingerprint density at radius 1 is 0.868 bits per heavy atom. The number of nitrogens with one attached hydrogen (secondary N) is 1. The fourth-order valence-electron chi connectivity index (χ4n) is 5.51. The van der Waals surface area contributed by atoms with Gasteiger partial charge in [-0.2, -0.15) is 0 Å². The highest BCUT2D eigenvalue weighted by atomic mass is 16.7. The average Bonchev–Trinajstić information content (AvgIpc) is 3.62. The standard InChI is InChI=1S/C31H24N2O5/c1-19-6-12-22(13-7-19)32-29(34)21-10-8-20(9-11-21)16-33-25-5-3-2-4-23(25)31(30(33)35)17-36-26-15-28-27(14-24(26)31)37-18-38-28/h2-15H,16-18H2,1H3,(H,32,34). The number of fused-ring (bicyclic) bond motifs is 5. The summed E-state index contributed by atoms with van der Waals surface area (Å²) in [6.07, 6.45) is 0. The second-order valence-electron chi connectivity index (χ2n) is 9.82. The van der Waals surface area contributed by atoms with E-state index in [1.165, 1.54) is 0 Å². The molecular weight excluding hydrogens is 480 g/mol. The molecule has 4 aromatic carbocycles. The third-order valence-electron chi connectivity index (χ3n) is 7.51. The van der Waals surface area contributed by atoms with E-state index < -0.39 is 5.41 Å². The molecule has 4 aromatic rings. The van der Waals surface area contributed by atoms with Crippen molar-refractivity contribution in [2.45, 2.75) is 18.9 Å². The van der Waals surface area contributed by atoms with E-state index in [2.05, 4.69) is 5.32 Å². The smallest absolute Gasteiger partial charge is 0.255 e. The third kappa shape index (κ3) is 3.35. The number of nitrogens with zero attached hydrogens (tertiary/aromatic N) is 1. The first-order valence-electron chi connectivity index (χ1n) is 12.5. The van der Waals surface area contributed by atoms with Crippen LogP contribution in [0, 0.1) is 6.92 Å². The molecular formula is C31H24N2O5. The van der Waals surface area contributed by atoms with Crippen molar-refractivity contribution in [3.05, 3.63) is 113 Å². The number of para-hydroxylation sites is 1. The van der Waals surface area contributed by atoms with Crippen molar-refractivity contribution in [2.75, 3.05) is 23.6 Å². The minimum absolute atomic E-state index is 0.0440. The fourth-order valence-corrected chi connectivity index (χ4v) is 5.51. The normalized spacial score (nSPS) is 18.3. The molecule has 0 aromatic heterocycles. The van der Waals surface area contributed by atoms with Gasteiger partial charge in [-0.25, -0.2) is 0 Å². The van der Waals surface area contributed by atoms with Crippen LogP contribution in [0.4, 0.5) is 11.4 Å². The average molecular weight is 505 g/mol. The van der Waals surface area contributed by atoms with E-state index in [1.807, 2.05) is 79.7 Å². The topological polar surface area (TPSA) is 77.1 Å². The number of carbonyl (C=O) groups excluding carboxylic acids is 2. The van der Waals surface area contributed by atoms with Crippen LogP contribution in [0.1, 0.15) is 32.6 Å². The van der Waals surface area contributed by atoms with E-state index in [0.717, 1.165) is 33.6 Å². The summed E-state index contributed by atoms with van der Waals surface area (Å²) in [5.74, 6) is 1.67. The maximum atomic E-state index is 14.2. The highest BCUT2D eigenvalue weighted by Gasteiger charge is 2.57. The van der Waals surface area contributed by atoms with E-state index in [0.29, 0.717) is 29.4 Å². The molecule has 0 saturated heterocycles. The van der Waals surface area contributed by atoms with Crippen molar-refractivity contribution >= 4 is 23.2 Å². The van der Waals surface area contributed by atoms with Gasteiger partial charge in [0.25, 0.3) is 5.91 Å². The second-order valence-corrected chi connectivity index (χ2v) is 9.82. The van der Waals surface area contributed by atoms with Crippen molar-refractivity contribution in [2.24, 2.45) is 0 Å². The Bertz CT molecular complexity index is 1600. The Hall–Kier alpha value is -4.78. The zero-order valence-corrected chi connectivity index (χ0v) is 20.7. The molecule has 1 atom stereocenters. The van der Waals surface area contributed by atoms with Crippen molar-refractivity contribution in [1.29, 1.82) is 0 Å². The summed E-state index contributed by atoms with van der Waals surface area (Å²) < 4.78 is 17.2. The van der Waals surface area contributed by atoms with Gasteiger partial charge in [-0.05, 0) is 54.4 Å². The second kappa shape index (κ2) is 8.38. The number of hydrogen-bond donors (Lipinski definition) is 1. The quantitative estimate of drug-likeness (QED) is 0.413. The molecule has 3 heterocycles. The van der Waals surface area contributed by atoms with Crippen molar-refractivity contribution in [3.8, 4) is 17.2 Å². The fraction of sp³-hybridized carbons (Fsp3) is 0.161. The summed E-state index contributed by atoms with van der Waals surface area (Å²) in [6.45, 7) is 2.75. The van der Waals surface area contributed by atoms with Crippen LogP contribution >= 0.6 is 0 Å². The molecule has 3 aliphatic heterocycles. The lowest BCUT2D eigenvalue weighted by Gasteiger charge is -2.23. The molecule has 0 aliphatic carbocycles. The van der Waals surface area contributed by atoms with Gasteiger partial charge in [-0.15, -0.1) is 0 Å². The third-order valence-corrected chi connectivity index (χ3v) is 7.51. The van der Waals surface area contributed by atoms with Crippen LogP contribution in [-0.4, -0.2) is 25.2 Å². The van der Waals surface area contributed by atoms with Crippen LogP contribution in [0.2, 0.25) is 0 Å². The van der Waals surface area contributed by atoms with Crippen molar-refractivity contribution < 1.29 is 23.8 Å². The Morgan fingerprint density at radius 3 is 2.39 bits per heavy atom. The molecule has 7 heteroatoms. The Morgan fingerprint density at radius 2 is 1.61 bits per heavy atom. The minimum atomic E-state index is -0.944. The number of hydrogen-bond acceptors (Lipinski definition) is 5. The molecule has 1 N–H and O–H groups in total. The van der Waals surface area contributed by atoms with E-state index >= 15 is 0 Å². The Kier molecular flexibility index (Phi) is 4.94. The molecule has 38 heavy (non-hydrogen) atoms. The molecule has 0 radical (unpaired) electrons. The number of anilines is 2. The molecule has 1 spiro atoms. The van der Waals surface area contributed by atoms with E-state index in [1.54, 1.807) is 17.0 Å². The maximum Gasteiger partial charge on any atom is 0.255 e. The molecule has 7 rings (SSSR count). The molecule has 7 nitrogen and oxygen atoms in total. The van der Waals surface area contributed by atoms with Gasteiger partial charge in [-0.1, -0.05) is 48.0 Å². The zero-order chi connectivity index (χ0) is 25.9. The van der Waals surface area contributed by atoms with Crippen LogP contribution < -0.4 is 24.4 Å². The first kappa shape index (κ1) is 22.4. The number of rotatable bonds is 4. The summed E-state index contributed by atoms with van der Waals surface area (Å²) in [5, 5.41) is 2.92. The number of amides is 2. The van der Waals surface area contributed by atoms with E-state index in [-0.39, 0.29) is 25.2 Å². The zero-order valence-electron chi connectivity index (χ0n) is 20.7. The Balaban J connectivity index is 1.17. The molecule has 3 aliphatic rings. The number of carbonyl (C=O) groups is 2. The van der Waals surface area contributed by atoms with Crippen LogP contribution in [-0.2, 0) is 16.8 Å². The van der Waals surface area contributed by atoms with Crippen LogP contribution in [0.15, 0.2) is 84.9 Å². The Labute approximate surface area is 219 Å². The van der Waals surface area contributed by atoms with E-state index in [9.17, 15) is 9.59 Å². The van der Waals surface area contributed by atoms with Crippen molar-refractivity contribution in [3.63, 3.8) is 0 Å². The van der Waals surface area contributed by atoms with Gasteiger partial charge in [0, 0.05) is 28.6 Å². The van der Waals surface area contributed by atoms with Gasteiger partial charge in [0.2, 0.25) is 12.7 Å². The summed E-state index contributed by atoms with van der Waals surface area (Å²) in [5.41, 5.74) is 4.97. The van der Waals surface area contributed by atoms with Gasteiger partial charge >= 0.3 is 0 Å². The van der Waals surface area contributed by atoms with E-state index in [4.69, 9.17) is 14.2 Å². The lowest BCUT2D eigenvalue weighted by Crippen LogP contribution is -2.42. The first-order chi connectivity index (χ1) is 18.5. The highest BCUT2D eigenvalue weighted by molar-refractivity contribution is 6.11. The lowest BCUT2D eigenvalue weighted by atomic mass is 9.77. The summed E-state index contributed by atoms with van der Waals surface area (Å²) in [7, 11) is 0. The molecule has 0 saturated carbocycles. The van der Waals surface area contributed by atoms with Gasteiger partial charge in [0.05, 0.1) is 6.54 Å². The SMILES string of the molecule is Cc1ccc(NC(=O)c2ccc(CN3C(=O)C4(COc5cc6c(cc54)OCO6)c4ccccc43)cc2)cc1. The minimum Gasteiger partial charge on any atom is -0.491 e. The molecule has 2 amide bonds. The summed E-state index contributed by atoms with van der Waals surface area (Å²) in [4.78, 5) is 28.7. The predicted octanol–water partition coefficient (Wildman–Crippen LogP) is 5.20. The number of ether oxygens (including phenoxy) is 3. The summed E-state index contributed by atoms with van der Waals surface area (Å²) in [6, 6.07) is 26.6. The monoisotopic (exact) mass is 504 g/mol. The van der Waals surface area contributed by atoms with Gasteiger partial charge < -0.3 is 24.4 Å². The van der Waals surface area contributed by atoms with Gasteiger partial charge in [0.1, 0.15) is 17.8 Å². The number of aryl methyl sites for hydroxylation is 1. The molecule has 1 unspecified atom stereocenters. The number of benzene rings is 4. The largest absolute Gasteiger partial charge is 0.491 e. The van der Waals surface area contributed by atoms with Crippen LogP contribution in [0.25, 0.3) is 0 Å². The lowest BCUT2D eigenvalue weighted by molar-refractivity contribution is -0.122. The molecule has 188 valence electrons. The maximum absolute atomic E-state index is 14.2.